The predicted molar refractivity (Wildman–Crippen MR) is 66.6 cm³/mol. The summed E-state index contributed by atoms with van der Waals surface area (Å²) in [6.07, 6.45) is 1.63. The molecule has 0 aromatic heterocycles. The topological polar surface area (TPSA) is 46.6 Å². The third kappa shape index (κ3) is 2.01. The molecule has 1 saturated heterocycles. The Hall–Kier alpha value is -2.10. The van der Waals surface area contributed by atoms with Gasteiger partial charge in [-0.3, -0.25) is 9.59 Å². The van der Waals surface area contributed by atoms with Crippen LogP contribution in [0.25, 0.3) is 0 Å². The molecule has 1 heterocycles. The van der Waals surface area contributed by atoms with Crippen LogP contribution in [0.4, 0.5) is 0 Å². The van der Waals surface area contributed by atoms with E-state index >= 15 is 0 Å². The van der Waals surface area contributed by atoms with Crippen LogP contribution in [-0.4, -0.2) is 30.4 Å². The van der Waals surface area contributed by atoms with Crippen molar-refractivity contribution in [1.29, 1.82) is 0 Å². The number of ether oxygens (including phenoxy) is 1. The summed E-state index contributed by atoms with van der Waals surface area (Å²) in [4.78, 5) is 24.7. The molecule has 1 fully saturated rings. The zero-order valence-electron chi connectivity index (χ0n) is 10.2. The smallest absolute Gasteiger partial charge is 0.325 e. The van der Waals surface area contributed by atoms with Crippen molar-refractivity contribution < 1.29 is 14.3 Å². The van der Waals surface area contributed by atoms with Gasteiger partial charge >= 0.3 is 5.97 Å². The van der Waals surface area contributed by atoms with Crippen LogP contribution in [-0.2, 0) is 14.3 Å². The summed E-state index contributed by atoms with van der Waals surface area (Å²) >= 11 is 0. The Labute approximate surface area is 106 Å². The molecule has 0 spiro atoms. The highest BCUT2D eigenvalue weighted by molar-refractivity contribution is 5.91. The van der Waals surface area contributed by atoms with Crippen molar-refractivity contribution in [1.82, 2.24) is 4.90 Å². The van der Waals surface area contributed by atoms with Gasteiger partial charge in [0.05, 0.1) is 19.1 Å². The molecule has 4 nitrogen and oxygen atoms in total. The summed E-state index contributed by atoms with van der Waals surface area (Å²) in [7, 11) is 1.31. The Morgan fingerprint density at radius 1 is 1.44 bits per heavy atom. The highest BCUT2D eigenvalue weighted by Gasteiger charge is 2.46. The Balaban J connectivity index is 2.21. The van der Waals surface area contributed by atoms with Crippen LogP contribution in [0.3, 0.4) is 0 Å². The lowest BCUT2D eigenvalue weighted by Gasteiger charge is -2.45. The molecule has 1 amide bonds. The van der Waals surface area contributed by atoms with Crippen molar-refractivity contribution in [3.63, 3.8) is 0 Å². The molecular formula is C14H15NO3. The second kappa shape index (κ2) is 5.04. The molecule has 18 heavy (non-hydrogen) atoms. The highest BCUT2D eigenvalue weighted by Crippen LogP contribution is 2.40. The molecule has 2 atom stereocenters. The van der Waals surface area contributed by atoms with E-state index in [0.717, 1.165) is 5.56 Å². The van der Waals surface area contributed by atoms with Gasteiger partial charge in [-0.1, -0.05) is 36.4 Å². The number of methoxy groups -OCH3 is 1. The van der Waals surface area contributed by atoms with Crippen LogP contribution in [0.15, 0.2) is 43.0 Å². The maximum absolute atomic E-state index is 11.9. The van der Waals surface area contributed by atoms with E-state index in [4.69, 9.17) is 0 Å². The number of hydrogen-bond acceptors (Lipinski definition) is 3. The number of rotatable bonds is 4. The van der Waals surface area contributed by atoms with Gasteiger partial charge in [0.25, 0.3) is 0 Å². The van der Waals surface area contributed by atoms with Crippen LogP contribution < -0.4 is 0 Å². The molecule has 0 N–H and O–H groups in total. The van der Waals surface area contributed by atoms with Crippen molar-refractivity contribution in [2.24, 2.45) is 5.92 Å². The van der Waals surface area contributed by atoms with E-state index in [9.17, 15) is 9.59 Å². The quantitative estimate of drug-likeness (QED) is 0.459. The van der Waals surface area contributed by atoms with Gasteiger partial charge in [0.15, 0.2) is 0 Å². The normalized spacial score (nSPS) is 22.3. The monoisotopic (exact) mass is 245 g/mol. The molecule has 1 aliphatic heterocycles. The summed E-state index contributed by atoms with van der Waals surface area (Å²) in [6, 6.07) is 9.51. The Morgan fingerprint density at radius 3 is 2.67 bits per heavy atom. The van der Waals surface area contributed by atoms with E-state index < -0.39 is 5.97 Å². The van der Waals surface area contributed by atoms with Crippen molar-refractivity contribution in [3.05, 3.63) is 48.6 Å². The second-order valence-corrected chi connectivity index (χ2v) is 4.16. The highest BCUT2D eigenvalue weighted by atomic mass is 16.5. The fourth-order valence-corrected chi connectivity index (χ4v) is 2.22. The number of carbonyl (C=O) groups is 2. The number of hydrogen-bond donors (Lipinski definition) is 0. The lowest BCUT2D eigenvalue weighted by atomic mass is 9.82. The first-order chi connectivity index (χ1) is 8.69. The van der Waals surface area contributed by atoms with Gasteiger partial charge in [-0.05, 0) is 5.56 Å². The first kappa shape index (κ1) is 12.4. The molecule has 1 aliphatic rings. The van der Waals surface area contributed by atoms with Gasteiger partial charge < -0.3 is 9.64 Å². The van der Waals surface area contributed by atoms with Gasteiger partial charge in [0.1, 0.15) is 6.54 Å². The van der Waals surface area contributed by atoms with Crippen LogP contribution in [0.1, 0.15) is 11.6 Å². The molecule has 94 valence electrons. The van der Waals surface area contributed by atoms with Crippen molar-refractivity contribution >= 4 is 11.9 Å². The molecule has 0 radical (unpaired) electrons. The standard InChI is InChI=1S/C14H15NO3/c1-3-11-13(10-7-5-4-6-8-10)15(14(11)17)9-12(16)18-2/h3-8,11,13H,1,9H2,2H3/t11-,13-/m1/s1. The van der Waals surface area contributed by atoms with Gasteiger partial charge in [0.2, 0.25) is 5.91 Å². The van der Waals surface area contributed by atoms with E-state index in [1.54, 1.807) is 6.08 Å². The molecule has 0 bridgehead atoms. The van der Waals surface area contributed by atoms with Gasteiger partial charge in [0, 0.05) is 0 Å². The minimum atomic E-state index is -0.410. The number of β-lactam (4-membered cyclic amide) rings is 1. The van der Waals surface area contributed by atoms with E-state index in [2.05, 4.69) is 11.3 Å². The second-order valence-electron chi connectivity index (χ2n) is 4.16. The molecular weight excluding hydrogens is 230 g/mol. The zero-order chi connectivity index (χ0) is 13.1. The SMILES string of the molecule is C=C[C@H]1C(=O)N(CC(=O)OC)[C@@H]1c1ccccc1. The fraction of sp³-hybridized carbons (Fsp3) is 0.286. The van der Waals surface area contributed by atoms with Gasteiger partial charge in [-0.25, -0.2) is 0 Å². The van der Waals surface area contributed by atoms with Gasteiger partial charge in [-0.2, -0.15) is 0 Å². The first-order valence-electron chi connectivity index (χ1n) is 5.74. The molecule has 0 aliphatic carbocycles. The molecule has 1 aromatic rings. The molecule has 1 aromatic carbocycles. The van der Waals surface area contributed by atoms with Crippen LogP contribution in [0.2, 0.25) is 0 Å². The number of nitrogens with zero attached hydrogens (tertiary/aromatic N) is 1. The lowest BCUT2D eigenvalue weighted by Crippen LogP contribution is -2.55. The molecule has 2 rings (SSSR count). The third-order valence-electron chi connectivity index (χ3n) is 3.17. The minimum Gasteiger partial charge on any atom is -0.468 e. The van der Waals surface area contributed by atoms with Gasteiger partial charge in [-0.15, -0.1) is 6.58 Å². The van der Waals surface area contributed by atoms with E-state index in [1.807, 2.05) is 30.3 Å². The summed E-state index contributed by atoms with van der Waals surface area (Å²) in [6.45, 7) is 3.66. The minimum absolute atomic E-state index is 0.0146. The summed E-state index contributed by atoms with van der Waals surface area (Å²) < 4.78 is 4.60. The first-order valence-corrected chi connectivity index (χ1v) is 5.74. The Kier molecular flexibility index (Phi) is 3.46. The lowest BCUT2D eigenvalue weighted by molar-refractivity contribution is -0.161. The average molecular weight is 245 g/mol. The number of likely N-dealkylation sites (tertiary alicyclic amines) is 1. The predicted octanol–water partition coefficient (Wildman–Crippen LogP) is 1.55. The zero-order valence-corrected chi connectivity index (χ0v) is 10.2. The maximum Gasteiger partial charge on any atom is 0.325 e. The maximum atomic E-state index is 11.9. The molecule has 0 unspecified atom stereocenters. The number of benzene rings is 1. The number of amides is 1. The van der Waals surface area contributed by atoms with E-state index in [0.29, 0.717) is 0 Å². The van der Waals surface area contributed by atoms with E-state index in [-0.39, 0.29) is 24.4 Å². The summed E-state index contributed by atoms with van der Waals surface area (Å²) in [5, 5.41) is 0. The fourth-order valence-electron chi connectivity index (χ4n) is 2.22. The third-order valence-corrected chi connectivity index (χ3v) is 3.17. The number of esters is 1. The summed E-state index contributed by atoms with van der Waals surface area (Å²) in [5.41, 5.74) is 1.01. The summed E-state index contributed by atoms with van der Waals surface area (Å²) in [5.74, 6) is -0.742. The molecule has 4 heteroatoms. The van der Waals surface area contributed by atoms with Crippen molar-refractivity contribution in [2.45, 2.75) is 6.04 Å². The van der Waals surface area contributed by atoms with Crippen LogP contribution in [0.5, 0.6) is 0 Å². The van der Waals surface area contributed by atoms with Crippen LogP contribution >= 0.6 is 0 Å². The number of carbonyl (C=O) groups excluding carboxylic acids is 2. The van der Waals surface area contributed by atoms with Crippen molar-refractivity contribution in [3.8, 4) is 0 Å². The average Bonchev–Trinajstić information content (AvgIpc) is 2.42. The molecule has 0 saturated carbocycles. The van der Waals surface area contributed by atoms with Crippen LogP contribution in [0, 0.1) is 5.92 Å². The van der Waals surface area contributed by atoms with Crippen molar-refractivity contribution in [2.75, 3.05) is 13.7 Å². The Bertz CT molecular complexity index is 469. The Morgan fingerprint density at radius 2 is 2.11 bits per heavy atom. The largest absolute Gasteiger partial charge is 0.468 e. The van der Waals surface area contributed by atoms with E-state index in [1.165, 1.54) is 12.0 Å².